The van der Waals surface area contributed by atoms with E-state index in [0.29, 0.717) is 26.1 Å². The average molecular weight is 401 g/mol. The van der Waals surface area contributed by atoms with Crippen LogP contribution in [0.25, 0.3) is 0 Å². The van der Waals surface area contributed by atoms with E-state index in [9.17, 15) is 14.4 Å². The Kier molecular flexibility index (Phi) is 6.77. The van der Waals surface area contributed by atoms with Crippen molar-refractivity contribution in [1.29, 1.82) is 0 Å². The summed E-state index contributed by atoms with van der Waals surface area (Å²) in [6.07, 6.45) is 5.78. The van der Waals surface area contributed by atoms with Gasteiger partial charge in [-0.2, -0.15) is 0 Å². The zero-order valence-corrected chi connectivity index (χ0v) is 17.5. The molecule has 1 spiro atoms. The van der Waals surface area contributed by atoms with Crippen LogP contribution in [-0.4, -0.2) is 48.0 Å². The predicted octanol–water partition coefficient (Wildman–Crippen LogP) is 2.79. The maximum absolute atomic E-state index is 12.5. The van der Waals surface area contributed by atoms with Gasteiger partial charge in [0.1, 0.15) is 5.54 Å². The lowest BCUT2D eigenvalue weighted by molar-refractivity contribution is -0.131. The number of benzene rings is 1. The van der Waals surface area contributed by atoms with Crippen molar-refractivity contribution >= 4 is 18.0 Å². The Morgan fingerprint density at radius 3 is 2.48 bits per heavy atom. The van der Waals surface area contributed by atoms with Gasteiger partial charge in [-0.1, -0.05) is 36.6 Å². The SMILES string of the molecule is Cc1ccc(CCCNC(=O)NCCCN2C(=O)NC3(CCCC3)C2=O)c(C)c1. The van der Waals surface area contributed by atoms with Crippen LogP contribution in [-0.2, 0) is 11.2 Å². The Balaban J connectivity index is 1.29. The van der Waals surface area contributed by atoms with Crippen molar-refractivity contribution in [3.63, 3.8) is 0 Å². The smallest absolute Gasteiger partial charge is 0.325 e. The minimum Gasteiger partial charge on any atom is -0.338 e. The highest BCUT2D eigenvalue weighted by Crippen LogP contribution is 2.34. The summed E-state index contributed by atoms with van der Waals surface area (Å²) in [6, 6.07) is 5.93. The highest BCUT2D eigenvalue weighted by atomic mass is 16.2. The molecule has 1 aromatic rings. The molecule has 0 radical (unpaired) electrons. The van der Waals surface area contributed by atoms with Crippen LogP contribution < -0.4 is 16.0 Å². The van der Waals surface area contributed by atoms with Crippen molar-refractivity contribution in [1.82, 2.24) is 20.9 Å². The van der Waals surface area contributed by atoms with Crippen LogP contribution in [0.4, 0.5) is 9.59 Å². The van der Waals surface area contributed by atoms with E-state index in [0.717, 1.165) is 38.5 Å². The standard InChI is InChI=1S/C22H32N4O3/c1-16-8-9-18(17(2)15-16)7-5-12-23-20(28)24-13-6-14-26-19(27)22(25-21(26)29)10-3-4-11-22/h8-9,15H,3-7,10-14H2,1-2H3,(H,25,29)(H2,23,24,28). The molecule has 1 aromatic carbocycles. The fourth-order valence-corrected chi connectivity index (χ4v) is 4.31. The Morgan fingerprint density at radius 1 is 1.10 bits per heavy atom. The monoisotopic (exact) mass is 400 g/mol. The molecule has 2 fully saturated rings. The van der Waals surface area contributed by atoms with Gasteiger partial charge in [0.2, 0.25) is 0 Å². The summed E-state index contributed by atoms with van der Waals surface area (Å²) in [5, 5.41) is 8.53. The van der Waals surface area contributed by atoms with Gasteiger partial charge in [-0.05, 0) is 57.1 Å². The summed E-state index contributed by atoms with van der Waals surface area (Å²) in [5.74, 6) is -0.101. The van der Waals surface area contributed by atoms with Crippen LogP contribution in [0.2, 0.25) is 0 Å². The molecule has 1 heterocycles. The molecule has 29 heavy (non-hydrogen) atoms. The molecular formula is C22H32N4O3. The minimum atomic E-state index is -0.655. The summed E-state index contributed by atoms with van der Waals surface area (Å²) in [6.45, 7) is 5.56. The summed E-state index contributed by atoms with van der Waals surface area (Å²) >= 11 is 0. The van der Waals surface area contributed by atoms with Crippen molar-refractivity contribution in [3.05, 3.63) is 34.9 Å². The normalized spacial score (nSPS) is 17.7. The molecular weight excluding hydrogens is 368 g/mol. The Bertz CT molecular complexity index is 771. The number of nitrogens with zero attached hydrogens (tertiary/aromatic N) is 1. The number of nitrogens with one attached hydrogen (secondary N) is 3. The van der Waals surface area contributed by atoms with Gasteiger partial charge in [0, 0.05) is 19.6 Å². The molecule has 1 aliphatic heterocycles. The van der Waals surface area contributed by atoms with Crippen molar-refractivity contribution in [2.45, 2.75) is 64.3 Å². The second-order valence-electron chi connectivity index (χ2n) is 8.25. The molecule has 7 nitrogen and oxygen atoms in total. The summed E-state index contributed by atoms with van der Waals surface area (Å²) in [5.41, 5.74) is 3.20. The van der Waals surface area contributed by atoms with E-state index in [1.54, 1.807) is 0 Å². The van der Waals surface area contributed by atoms with E-state index in [-0.39, 0.29) is 18.0 Å². The summed E-state index contributed by atoms with van der Waals surface area (Å²) in [4.78, 5) is 37.9. The second-order valence-corrected chi connectivity index (χ2v) is 8.25. The highest BCUT2D eigenvalue weighted by molar-refractivity contribution is 6.07. The fraction of sp³-hybridized carbons (Fsp3) is 0.591. The number of hydrogen-bond donors (Lipinski definition) is 3. The van der Waals surface area contributed by atoms with Gasteiger partial charge < -0.3 is 16.0 Å². The molecule has 1 saturated heterocycles. The van der Waals surface area contributed by atoms with Crippen LogP contribution >= 0.6 is 0 Å². The number of rotatable bonds is 8. The first-order valence-corrected chi connectivity index (χ1v) is 10.6. The lowest BCUT2D eigenvalue weighted by atomic mass is 9.98. The van der Waals surface area contributed by atoms with Gasteiger partial charge in [-0.25, -0.2) is 9.59 Å². The molecule has 7 heteroatoms. The highest BCUT2D eigenvalue weighted by Gasteiger charge is 2.51. The molecule has 1 aliphatic carbocycles. The Morgan fingerprint density at radius 2 is 1.79 bits per heavy atom. The van der Waals surface area contributed by atoms with Crippen LogP contribution in [0.1, 0.15) is 55.2 Å². The lowest BCUT2D eigenvalue weighted by Gasteiger charge is -2.20. The number of hydrogen-bond acceptors (Lipinski definition) is 3. The van der Waals surface area contributed by atoms with E-state index in [1.807, 2.05) is 0 Å². The summed E-state index contributed by atoms with van der Waals surface area (Å²) < 4.78 is 0. The Labute approximate surface area is 172 Å². The zero-order chi connectivity index (χ0) is 20.9. The number of amides is 5. The predicted molar refractivity (Wildman–Crippen MR) is 112 cm³/mol. The topological polar surface area (TPSA) is 90.5 Å². The van der Waals surface area contributed by atoms with Gasteiger partial charge in [0.05, 0.1) is 0 Å². The quantitative estimate of drug-likeness (QED) is 0.463. The molecule has 0 aromatic heterocycles. The van der Waals surface area contributed by atoms with E-state index in [2.05, 4.69) is 48.0 Å². The van der Waals surface area contributed by atoms with Crippen molar-refractivity contribution in [3.8, 4) is 0 Å². The second kappa shape index (κ2) is 9.29. The van der Waals surface area contributed by atoms with E-state index in [1.165, 1.54) is 21.6 Å². The first-order chi connectivity index (χ1) is 13.9. The average Bonchev–Trinajstić information content (AvgIpc) is 3.23. The van der Waals surface area contributed by atoms with E-state index >= 15 is 0 Å². The van der Waals surface area contributed by atoms with Gasteiger partial charge in [-0.3, -0.25) is 9.69 Å². The van der Waals surface area contributed by atoms with Gasteiger partial charge in [0.25, 0.3) is 5.91 Å². The third-order valence-electron chi connectivity index (χ3n) is 5.95. The largest absolute Gasteiger partial charge is 0.338 e. The molecule has 158 valence electrons. The molecule has 3 N–H and O–H groups in total. The van der Waals surface area contributed by atoms with Gasteiger partial charge >= 0.3 is 12.1 Å². The van der Waals surface area contributed by atoms with Crippen LogP contribution in [0.3, 0.4) is 0 Å². The molecule has 2 aliphatic rings. The molecule has 1 saturated carbocycles. The molecule has 0 unspecified atom stereocenters. The number of urea groups is 2. The first-order valence-electron chi connectivity index (χ1n) is 10.6. The van der Waals surface area contributed by atoms with Crippen molar-refractivity contribution in [2.75, 3.05) is 19.6 Å². The molecule has 3 rings (SSSR count). The van der Waals surface area contributed by atoms with Gasteiger partial charge in [-0.15, -0.1) is 0 Å². The van der Waals surface area contributed by atoms with Crippen molar-refractivity contribution in [2.24, 2.45) is 0 Å². The Hall–Kier alpha value is -2.57. The van der Waals surface area contributed by atoms with E-state index in [4.69, 9.17) is 0 Å². The molecule has 5 amide bonds. The number of aryl methyl sites for hydroxylation is 3. The lowest BCUT2D eigenvalue weighted by Crippen LogP contribution is -2.44. The van der Waals surface area contributed by atoms with Crippen LogP contribution in [0, 0.1) is 13.8 Å². The number of carbonyl (C=O) groups excluding carboxylic acids is 3. The number of imide groups is 1. The maximum Gasteiger partial charge on any atom is 0.325 e. The zero-order valence-electron chi connectivity index (χ0n) is 17.5. The maximum atomic E-state index is 12.5. The van der Waals surface area contributed by atoms with Gasteiger partial charge in [0.15, 0.2) is 0 Å². The molecule has 0 bridgehead atoms. The molecule has 0 atom stereocenters. The van der Waals surface area contributed by atoms with Crippen LogP contribution in [0.15, 0.2) is 18.2 Å². The number of carbonyl (C=O) groups is 3. The minimum absolute atomic E-state index is 0.101. The van der Waals surface area contributed by atoms with Crippen LogP contribution in [0.5, 0.6) is 0 Å². The third-order valence-corrected chi connectivity index (χ3v) is 5.95. The summed E-state index contributed by atoms with van der Waals surface area (Å²) in [7, 11) is 0. The van der Waals surface area contributed by atoms with Crippen molar-refractivity contribution < 1.29 is 14.4 Å². The fourth-order valence-electron chi connectivity index (χ4n) is 4.31. The third kappa shape index (κ3) is 5.08. The first kappa shape index (κ1) is 21.1. The van der Waals surface area contributed by atoms with E-state index < -0.39 is 5.54 Å².